The van der Waals surface area contributed by atoms with Crippen molar-refractivity contribution in [2.45, 2.75) is 50.6 Å². The molecule has 1 aliphatic rings. The molecule has 1 aliphatic carbocycles. The van der Waals surface area contributed by atoms with Gasteiger partial charge in [0.15, 0.2) is 0 Å². The standard InChI is InChI=1S/C15H20ClNO2/c1-15(14(18)19,11-7-9-12(16)10-8-11)17-13-5-3-2-4-6-13/h7-10,13,17H,2-6H2,1H3,(H,18,19). The second kappa shape index (κ2) is 5.93. The van der Waals surface area contributed by atoms with Crippen LogP contribution < -0.4 is 5.32 Å². The molecule has 1 aromatic carbocycles. The maximum atomic E-state index is 11.7. The van der Waals surface area contributed by atoms with Gasteiger partial charge in [-0.3, -0.25) is 5.32 Å². The Morgan fingerprint density at radius 3 is 2.37 bits per heavy atom. The number of hydrogen-bond acceptors (Lipinski definition) is 2. The third-order valence-corrected chi connectivity index (χ3v) is 4.20. The molecule has 0 radical (unpaired) electrons. The first-order chi connectivity index (χ1) is 9.02. The maximum Gasteiger partial charge on any atom is 0.328 e. The fraction of sp³-hybridized carbons (Fsp3) is 0.533. The van der Waals surface area contributed by atoms with Gasteiger partial charge in [-0.1, -0.05) is 43.0 Å². The van der Waals surface area contributed by atoms with E-state index in [2.05, 4.69) is 5.32 Å². The number of hydrogen-bond donors (Lipinski definition) is 2. The Hall–Kier alpha value is -1.06. The Labute approximate surface area is 119 Å². The normalized spacial score (nSPS) is 19.9. The van der Waals surface area contributed by atoms with Gasteiger partial charge in [-0.2, -0.15) is 0 Å². The van der Waals surface area contributed by atoms with Gasteiger partial charge in [0.2, 0.25) is 0 Å². The molecular weight excluding hydrogens is 262 g/mol. The van der Waals surface area contributed by atoms with Crippen LogP contribution in [0.15, 0.2) is 24.3 Å². The van der Waals surface area contributed by atoms with Crippen LogP contribution in [-0.4, -0.2) is 17.1 Å². The van der Waals surface area contributed by atoms with E-state index in [1.165, 1.54) is 19.3 Å². The third kappa shape index (κ3) is 3.28. The number of aliphatic carboxylic acids is 1. The minimum Gasteiger partial charge on any atom is -0.480 e. The van der Waals surface area contributed by atoms with Gasteiger partial charge in [0, 0.05) is 11.1 Å². The molecule has 104 valence electrons. The SMILES string of the molecule is CC(NC1CCCCC1)(C(=O)O)c1ccc(Cl)cc1. The Morgan fingerprint density at radius 1 is 1.26 bits per heavy atom. The number of carboxylic acids is 1. The van der Waals surface area contributed by atoms with E-state index in [1.807, 2.05) is 0 Å². The van der Waals surface area contributed by atoms with Gasteiger partial charge in [0.05, 0.1) is 0 Å². The molecule has 1 aromatic rings. The molecule has 1 saturated carbocycles. The summed E-state index contributed by atoms with van der Waals surface area (Å²) < 4.78 is 0. The van der Waals surface area contributed by atoms with E-state index in [9.17, 15) is 9.90 Å². The fourth-order valence-electron chi connectivity index (χ4n) is 2.71. The zero-order valence-corrected chi connectivity index (χ0v) is 11.9. The Bertz CT molecular complexity index is 440. The maximum absolute atomic E-state index is 11.7. The van der Waals surface area contributed by atoms with Crippen LogP contribution in [0.2, 0.25) is 5.02 Å². The average Bonchev–Trinajstić information content (AvgIpc) is 2.40. The molecule has 1 atom stereocenters. The zero-order chi connectivity index (χ0) is 13.9. The molecule has 2 rings (SSSR count). The molecule has 0 aromatic heterocycles. The number of carbonyl (C=O) groups is 1. The van der Waals surface area contributed by atoms with E-state index in [0.717, 1.165) is 18.4 Å². The van der Waals surface area contributed by atoms with Crippen LogP contribution in [0.3, 0.4) is 0 Å². The van der Waals surface area contributed by atoms with Gasteiger partial charge in [-0.25, -0.2) is 4.79 Å². The van der Waals surface area contributed by atoms with Gasteiger partial charge in [0.25, 0.3) is 0 Å². The quantitative estimate of drug-likeness (QED) is 0.887. The smallest absolute Gasteiger partial charge is 0.328 e. The van der Waals surface area contributed by atoms with E-state index in [-0.39, 0.29) is 6.04 Å². The van der Waals surface area contributed by atoms with E-state index < -0.39 is 11.5 Å². The highest BCUT2D eigenvalue weighted by Gasteiger charge is 2.37. The lowest BCUT2D eigenvalue weighted by Crippen LogP contribution is -2.51. The second-order valence-corrected chi connectivity index (χ2v) is 5.85. The molecule has 0 heterocycles. The molecule has 0 saturated heterocycles. The highest BCUT2D eigenvalue weighted by Crippen LogP contribution is 2.27. The summed E-state index contributed by atoms with van der Waals surface area (Å²) in [4.78, 5) is 11.7. The Morgan fingerprint density at radius 2 is 1.84 bits per heavy atom. The van der Waals surface area contributed by atoms with Crippen molar-refractivity contribution < 1.29 is 9.90 Å². The lowest BCUT2D eigenvalue weighted by atomic mass is 9.87. The summed E-state index contributed by atoms with van der Waals surface area (Å²) in [5.41, 5.74) is -0.304. The topological polar surface area (TPSA) is 49.3 Å². The third-order valence-electron chi connectivity index (χ3n) is 3.95. The van der Waals surface area contributed by atoms with Crippen LogP contribution in [-0.2, 0) is 10.3 Å². The first-order valence-electron chi connectivity index (χ1n) is 6.79. The summed E-state index contributed by atoms with van der Waals surface area (Å²) >= 11 is 5.87. The van der Waals surface area contributed by atoms with E-state index in [0.29, 0.717) is 5.02 Å². The van der Waals surface area contributed by atoms with Crippen LogP contribution in [0.25, 0.3) is 0 Å². The molecule has 0 aliphatic heterocycles. The van der Waals surface area contributed by atoms with Crippen molar-refractivity contribution in [1.82, 2.24) is 5.32 Å². The molecule has 1 unspecified atom stereocenters. The van der Waals surface area contributed by atoms with Crippen molar-refractivity contribution in [1.29, 1.82) is 0 Å². The van der Waals surface area contributed by atoms with Crippen molar-refractivity contribution in [3.8, 4) is 0 Å². The van der Waals surface area contributed by atoms with Crippen molar-refractivity contribution in [2.24, 2.45) is 0 Å². The molecular formula is C15H20ClNO2. The molecule has 0 amide bonds. The summed E-state index contributed by atoms with van der Waals surface area (Å²) in [6.07, 6.45) is 5.71. The molecule has 4 heteroatoms. The largest absolute Gasteiger partial charge is 0.480 e. The Kier molecular flexibility index (Phi) is 4.48. The summed E-state index contributed by atoms with van der Waals surface area (Å²) in [6.45, 7) is 1.73. The minimum atomic E-state index is -1.05. The lowest BCUT2D eigenvalue weighted by Gasteiger charge is -2.34. The molecule has 1 fully saturated rings. The summed E-state index contributed by atoms with van der Waals surface area (Å²) in [7, 11) is 0. The number of carboxylic acid groups (broad SMARTS) is 1. The second-order valence-electron chi connectivity index (χ2n) is 5.42. The first kappa shape index (κ1) is 14.4. The number of benzene rings is 1. The van der Waals surface area contributed by atoms with Gasteiger partial charge in [0.1, 0.15) is 5.54 Å². The van der Waals surface area contributed by atoms with Gasteiger partial charge < -0.3 is 5.11 Å². The van der Waals surface area contributed by atoms with Crippen LogP contribution in [0.4, 0.5) is 0 Å². The molecule has 2 N–H and O–H groups in total. The molecule has 3 nitrogen and oxygen atoms in total. The van der Waals surface area contributed by atoms with Gasteiger partial charge in [-0.15, -0.1) is 0 Å². The van der Waals surface area contributed by atoms with Gasteiger partial charge in [-0.05, 0) is 37.5 Å². The van der Waals surface area contributed by atoms with Crippen molar-refractivity contribution in [2.75, 3.05) is 0 Å². The number of halogens is 1. The highest BCUT2D eigenvalue weighted by atomic mass is 35.5. The Balaban J connectivity index is 2.21. The van der Waals surface area contributed by atoms with Crippen LogP contribution in [0.1, 0.15) is 44.6 Å². The average molecular weight is 282 g/mol. The molecule has 19 heavy (non-hydrogen) atoms. The van der Waals surface area contributed by atoms with E-state index >= 15 is 0 Å². The highest BCUT2D eigenvalue weighted by molar-refractivity contribution is 6.30. The molecule has 0 spiro atoms. The van der Waals surface area contributed by atoms with Crippen LogP contribution >= 0.6 is 11.6 Å². The van der Waals surface area contributed by atoms with Crippen LogP contribution in [0, 0.1) is 0 Å². The van der Waals surface area contributed by atoms with E-state index in [1.54, 1.807) is 31.2 Å². The van der Waals surface area contributed by atoms with Crippen LogP contribution in [0.5, 0.6) is 0 Å². The van der Waals surface area contributed by atoms with Crippen molar-refractivity contribution in [3.63, 3.8) is 0 Å². The number of rotatable bonds is 4. The van der Waals surface area contributed by atoms with Gasteiger partial charge >= 0.3 is 5.97 Å². The fourth-order valence-corrected chi connectivity index (χ4v) is 2.83. The van der Waals surface area contributed by atoms with E-state index in [4.69, 9.17) is 11.6 Å². The summed E-state index contributed by atoms with van der Waals surface area (Å²) in [5, 5.41) is 13.5. The predicted molar refractivity (Wildman–Crippen MR) is 76.4 cm³/mol. The van der Waals surface area contributed by atoms with Crippen molar-refractivity contribution in [3.05, 3.63) is 34.9 Å². The number of nitrogens with one attached hydrogen (secondary N) is 1. The first-order valence-corrected chi connectivity index (χ1v) is 7.17. The zero-order valence-electron chi connectivity index (χ0n) is 11.2. The summed E-state index contributed by atoms with van der Waals surface area (Å²) in [6, 6.07) is 7.32. The molecule has 0 bridgehead atoms. The monoisotopic (exact) mass is 281 g/mol. The minimum absolute atomic E-state index is 0.283. The van der Waals surface area contributed by atoms with Crippen molar-refractivity contribution >= 4 is 17.6 Å². The predicted octanol–water partition coefficient (Wildman–Crippen LogP) is 3.56. The lowest BCUT2D eigenvalue weighted by molar-refractivity contribution is -0.145. The summed E-state index contributed by atoms with van der Waals surface area (Å²) in [5.74, 6) is -0.847.